The van der Waals surface area contributed by atoms with E-state index in [1.165, 1.54) is 4.57 Å². The molecule has 1 fully saturated rings. The van der Waals surface area contributed by atoms with Gasteiger partial charge in [-0.15, -0.1) is 0 Å². The summed E-state index contributed by atoms with van der Waals surface area (Å²) in [5, 5.41) is 6.80. The van der Waals surface area contributed by atoms with Crippen LogP contribution in [-0.4, -0.2) is 64.1 Å². The Hall–Kier alpha value is -5.05. The zero-order valence-electron chi connectivity index (χ0n) is 32.2. The fourth-order valence-corrected chi connectivity index (χ4v) is 8.83. The highest BCUT2D eigenvalue weighted by Crippen LogP contribution is 2.47. The summed E-state index contributed by atoms with van der Waals surface area (Å²) in [5.74, 6) is -0.214. The maximum Gasteiger partial charge on any atom is 0.351 e. The van der Waals surface area contributed by atoms with E-state index in [1.54, 1.807) is 36.5 Å². The second kappa shape index (κ2) is 19.2. The Morgan fingerprint density at radius 1 is 0.875 bits per heavy atom. The van der Waals surface area contributed by atoms with Crippen LogP contribution in [0.3, 0.4) is 0 Å². The molecule has 4 atom stereocenters. The lowest BCUT2D eigenvalue weighted by atomic mass is 9.76. The largest absolute Gasteiger partial charge is 0.351 e. The second-order valence-corrected chi connectivity index (χ2v) is 15.6. The number of ether oxygens (including phenoxy) is 1. The van der Waals surface area contributed by atoms with Crippen LogP contribution in [0.4, 0.5) is 5.82 Å². The first kappa shape index (κ1) is 40.6. The van der Waals surface area contributed by atoms with Gasteiger partial charge in [-0.05, 0) is 62.6 Å². The monoisotopic (exact) mass is 772 g/mol. The first-order valence-electron chi connectivity index (χ1n) is 18.9. The van der Waals surface area contributed by atoms with E-state index in [2.05, 4.69) is 89.2 Å². The van der Waals surface area contributed by atoms with Crippen molar-refractivity contribution in [2.75, 3.05) is 25.1 Å². The molecule has 1 saturated heterocycles. The molecule has 2 N–H and O–H groups in total. The van der Waals surface area contributed by atoms with Crippen molar-refractivity contribution in [1.29, 1.82) is 0 Å². The Bertz CT molecular complexity index is 1990. The summed E-state index contributed by atoms with van der Waals surface area (Å²) in [6.45, 7) is 16.3. The number of amides is 1. The van der Waals surface area contributed by atoms with Crippen LogP contribution in [0.25, 0.3) is 4.85 Å². The molecular formula is C44H49N6O5P. The Morgan fingerprint density at radius 2 is 1.41 bits per heavy atom. The van der Waals surface area contributed by atoms with Crippen molar-refractivity contribution in [2.45, 2.75) is 70.1 Å². The number of rotatable bonds is 17. The molecule has 12 heteroatoms. The van der Waals surface area contributed by atoms with E-state index >= 15 is 0 Å². The molecule has 0 saturated carbocycles. The number of carbonyl (C=O) groups is 1. The zero-order chi connectivity index (χ0) is 39.5. The third kappa shape index (κ3) is 9.48. The Morgan fingerprint density at radius 3 is 1.91 bits per heavy atom. The predicted octanol–water partition coefficient (Wildman–Crippen LogP) is 8.03. The maximum atomic E-state index is 13.7. The van der Waals surface area contributed by atoms with E-state index in [4.69, 9.17) is 20.4 Å². The molecule has 1 aromatic heterocycles. The molecule has 0 aliphatic carbocycles. The van der Waals surface area contributed by atoms with E-state index < -0.39 is 32.1 Å². The van der Waals surface area contributed by atoms with Gasteiger partial charge in [0.25, 0.3) is 14.4 Å². The van der Waals surface area contributed by atoms with E-state index in [-0.39, 0.29) is 49.6 Å². The molecule has 2 heterocycles. The quantitative estimate of drug-likeness (QED) is 0.0423. The number of nitrogens with zero attached hydrogens (tertiary/aromatic N) is 4. The lowest BCUT2D eigenvalue weighted by molar-refractivity contribution is -0.0277. The van der Waals surface area contributed by atoms with Gasteiger partial charge < -0.3 is 23.9 Å². The van der Waals surface area contributed by atoms with Crippen molar-refractivity contribution in [3.8, 4) is 0 Å². The van der Waals surface area contributed by atoms with Crippen molar-refractivity contribution >= 4 is 20.3 Å². The van der Waals surface area contributed by atoms with Crippen LogP contribution < -0.4 is 16.3 Å². The van der Waals surface area contributed by atoms with Crippen LogP contribution in [0.2, 0.25) is 0 Å². The minimum absolute atomic E-state index is 0.118. The molecule has 6 rings (SSSR count). The number of aromatic nitrogens is 2. The molecular weight excluding hydrogens is 723 g/mol. The summed E-state index contributed by atoms with van der Waals surface area (Å²) in [6, 6.07) is 41.2. The van der Waals surface area contributed by atoms with Crippen LogP contribution in [0.15, 0.2) is 138 Å². The molecule has 290 valence electrons. The number of hydrogen-bond donors (Lipinski definition) is 2. The molecule has 0 radical (unpaired) electrons. The highest BCUT2D eigenvalue weighted by Gasteiger charge is 2.45. The van der Waals surface area contributed by atoms with E-state index in [9.17, 15) is 9.59 Å². The first-order valence-corrected chi connectivity index (χ1v) is 20.1. The topological polar surface area (TPSA) is 111 Å². The standard InChI is InChI=1S/C44H49N6O5P/c1-32(2)50(33(3)4)56(53-29-27-45-5)54-31-39-38(30-41(55-39)49-28-26-40(47-43(49)52)46-42(51)34-18-10-6-11-19-34)48-44(35-20-12-7-13-21-35,36-22-14-8-15-23-36)37-24-16-9-17-25-37/h6-26,28,32-33,38-39,41,48H,27,29-31H2,1-4H3,(H,46,47,51,52)/t38-,39+,41+,56?/m0/s1. The Kier molecular flexibility index (Phi) is 13.9. The van der Waals surface area contributed by atoms with Gasteiger partial charge in [0.2, 0.25) is 6.54 Å². The van der Waals surface area contributed by atoms with Gasteiger partial charge in [-0.25, -0.2) is 16.0 Å². The van der Waals surface area contributed by atoms with Crippen LogP contribution in [0, 0.1) is 6.57 Å². The first-order chi connectivity index (χ1) is 27.2. The summed E-state index contributed by atoms with van der Waals surface area (Å²) in [6.07, 6.45) is 0.754. The smallest absolute Gasteiger partial charge is 0.351 e. The lowest BCUT2D eigenvalue weighted by Crippen LogP contribution is -2.53. The Balaban J connectivity index is 1.37. The van der Waals surface area contributed by atoms with E-state index in [1.807, 2.05) is 60.7 Å². The van der Waals surface area contributed by atoms with Gasteiger partial charge in [0, 0.05) is 36.3 Å². The molecule has 5 aromatic rings. The van der Waals surface area contributed by atoms with Gasteiger partial charge >= 0.3 is 5.69 Å². The molecule has 1 amide bonds. The number of carbonyl (C=O) groups excluding carboxylic acids is 1. The molecule has 1 unspecified atom stereocenters. The minimum atomic E-state index is -1.56. The molecule has 0 bridgehead atoms. The average Bonchev–Trinajstić information content (AvgIpc) is 3.61. The lowest BCUT2D eigenvalue weighted by Gasteiger charge is -2.40. The SMILES string of the molecule is [C-]#[N+]CCOP(OC[C@H]1O[C@@H](n2ccc(NC(=O)c3ccccc3)nc2=O)C[C@@H]1NC(c1ccccc1)(c1ccccc1)c1ccccc1)N(C(C)C)C(C)C. The van der Waals surface area contributed by atoms with Crippen LogP contribution >= 0.6 is 8.53 Å². The van der Waals surface area contributed by atoms with Crippen LogP contribution in [0.1, 0.15) is 67.4 Å². The number of nitrogens with one attached hydrogen (secondary N) is 2. The molecule has 11 nitrogen and oxygen atoms in total. The van der Waals surface area contributed by atoms with Gasteiger partial charge in [0.15, 0.2) is 0 Å². The predicted molar refractivity (Wildman–Crippen MR) is 220 cm³/mol. The molecule has 0 spiro atoms. The van der Waals surface area contributed by atoms with Crippen molar-refractivity contribution in [3.05, 3.63) is 178 Å². The molecule has 1 aliphatic heterocycles. The third-order valence-corrected chi connectivity index (χ3v) is 11.8. The zero-order valence-corrected chi connectivity index (χ0v) is 33.1. The van der Waals surface area contributed by atoms with E-state index in [0.29, 0.717) is 12.0 Å². The van der Waals surface area contributed by atoms with Crippen molar-refractivity contribution < 1.29 is 18.6 Å². The van der Waals surface area contributed by atoms with Crippen LogP contribution in [0.5, 0.6) is 0 Å². The maximum absolute atomic E-state index is 13.7. The van der Waals surface area contributed by atoms with Crippen molar-refractivity contribution in [2.24, 2.45) is 0 Å². The normalized spacial score (nSPS) is 17.6. The average molecular weight is 773 g/mol. The number of hydrogen-bond acceptors (Lipinski definition) is 8. The third-order valence-electron chi connectivity index (χ3n) is 9.68. The fraction of sp³-hybridized carbons (Fsp3) is 0.318. The summed E-state index contributed by atoms with van der Waals surface area (Å²) >= 11 is 0. The van der Waals surface area contributed by atoms with Gasteiger partial charge in [0.05, 0.1) is 18.2 Å². The fourth-order valence-electron chi connectivity index (χ4n) is 7.23. The Labute approximate surface area is 330 Å². The van der Waals surface area contributed by atoms with Gasteiger partial charge in [0.1, 0.15) is 18.7 Å². The van der Waals surface area contributed by atoms with Crippen LogP contribution in [-0.2, 0) is 19.3 Å². The molecule has 56 heavy (non-hydrogen) atoms. The number of anilines is 1. The number of benzene rings is 4. The summed E-state index contributed by atoms with van der Waals surface area (Å²) in [5.41, 5.74) is 2.19. The second-order valence-electron chi connectivity index (χ2n) is 14.1. The van der Waals surface area contributed by atoms with Crippen molar-refractivity contribution in [3.63, 3.8) is 0 Å². The summed E-state index contributed by atoms with van der Waals surface area (Å²) in [4.78, 5) is 34.2. The molecule has 1 aliphatic rings. The van der Waals surface area contributed by atoms with E-state index in [0.717, 1.165) is 16.7 Å². The van der Waals surface area contributed by atoms with Gasteiger partial charge in [-0.3, -0.25) is 14.7 Å². The summed E-state index contributed by atoms with van der Waals surface area (Å²) in [7, 11) is -1.56. The highest BCUT2D eigenvalue weighted by molar-refractivity contribution is 7.44. The van der Waals surface area contributed by atoms with Gasteiger partial charge in [-0.2, -0.15) is 4.98 Å². The van der Waals surface area contributed by atoms with Gasteiger partial charge in [-0.1, -0.05) is 109 Å². The van der Waals surface area contributed by atoms with Crippen molar-refractivity contribution in [1.82, 2.24) is 19.5 Å². The highest BCUT2D eigenvalue weighted by atomic mass is 31.2. The summed E-state index contributed by atoms with van der Waals surface area (Å²) < 4.78 is 23.4. The molecule has 4 aromatic carbocycles. The minimum Gasteiger partial charge on any atom is -0.351 e.